The first-order chi connectivity index (χ1) is 14.1. The zero-order valence-corrected chi connectivity index (χ0v) is 21.4. The standard InChI is InChI=1S/C21H39N7O.HI/c1-5-22-21(24-9-11-26(2)10-6-16-29-4)25-18-19-7-8-23-20(17-19)28-14-12-27(3)13-15-28;/h7-8,17H,5-6,9-16,18H2,1-4H3,(H2,22,24,25);1H. The summed E-state index contributed by atoms with van der Waals surface area (Å²) in [6.07, 6.45) is 2.95. The van der Waals surface area contributed by atoms with Crippen molar-refractivity contribution in [3.63, 3.8) is 0 Å². The summed E-state index contributed by atoms with van der Waals surface area (Å²) < 4.78 is 5.11. The summed E-state index contributed by atoms with van der Waals surface area (Å²) in [5, 5.41) is 6.76. The smallest absolute Gasteiger partial charge is 0.191 e. The minimum atomic E-state index is 0. The van der Waals surface area contributed by atoms with Crippen LogP contribution in [0.4, 0.5) is 5.82 Å². The summed E-state index contributed by atoms with van der Waals surface area (Å²) in [5.41, 5.74) is 1.18. The van der Waals surface area contributed by atoms with E-state index < -0.39 is 0 Å². The molecule has 1 fully saturated rings. The van der Waals surface area contributed by atoms with Crippen molar-refractivity contribution in [2.24, 2.45) is 4.99 Å². The fourth-order valence-electron chi connectivity index (χ4n) is 3.24. The molecule has 1 saturated heterocycles. The van der Waals surface area contributed by atoms with Crippen molar-refractivity contribution >= 4 is 35.8 Å². The molecule has 0 spiro atoms. The number of hydrogen-bond donors (Lipinski definition) is 2. The first-order valence-corrected chi connectivity index (χ1v) is 10.7. The van der Waals surface area contributed by atoms with Crippen LogP contribution in [0.5, 0.6) is 0 Å². The Morgan fingerprint density at radius 2 is 2.00 bits per heavy atom. The molecule has 1 aromatic heterocycles. The number of rotatable bonds is 11. The number of hydrogen-bond acceptors (Lipinski definition) is 6. The van der Waals surface area contributed by atoms with Crippen LogP contribution in [0, 0.1) is 0 Å². The number of aromatic nitrogens is 1. The third-order valence-electron chi connectivity index (χ3n) is 5.08. The van der Waals surface area contributed by atoms with Gasteiger partial charge in [-0.15, -0.1) is 24.0 Å². The molecule has 1 aromatic rings. The van der Waals surface area contributed by atoms with Gasteiger partial charge in [-0.05, 0) is 45.1 Å². The highest BCUT2D eigenvalue weighted by Crippen LogP contribution is 2.15. The molecule has 172 valence electrons. The third kappa shape index (κ3) is 10.2. The summed E-state index contributed by atoms with van der Waals surface area (Å²) in [6, 6.07) is 4.22. The van der Waals surface area contributed by atoms with Crippen LogP contribution in [-0.4, -0.2) is 101 Å². The molecule has 0 saturated carbocycles. The number of piperazine rings is 1. The van der Waals surface area contributed by atoms with E-state index in [-0.39, 0.29) is 24.0 Å². The van der Waals surface area contributed by atoms with Crippen LogP contribution >= 0.6 is 24.0 Å². The van der Waals surface area contributed by atoms with Gasteiger partial charge < -0.3 is 30.1 Å². The van der Waals surface area contributed by atoms with Crippen molar-refractivity contribution in [1.82, 2.24) is 25.4 Å². The van der Waals surface area contributed by atoms with Crippen molar-refractivity contribution in [3.8, 4) is 0 Å². The second-order valence-electron chi connectivity index (χ2n) is 7.58. The Labute approximate surface area is 199 Å². The minimum absolute atomic E-state index is 0. The quantitative estimate of drug-likeness (QED) is 0.193. The largest absolute Gasteiger partial charge is 0.385 e. The van der Waals surface area contributed by atoms with E-state index in [0.29, 0.717) is 6.54 Å². The van der Waals surface area contributed by atoms with E-state index in [1.54, 1.807) is 7.11 Å². The van der Waals surface area contributed by atoms with Crippen molar-refractivity contribution in [2.75, 3.05) is 85.1 Å². The molecule has 30 heavy (non-hydrogen) atoms. The lowest BCUT2D eigenvalue weighted by molar-refractivity contribution is 0.180. The minimum Gasteiger partial charge on any atom is -0.385 e. The molecule has 0 amide bonds. The van der Waals surface area contributed by atoms with Crippen LogP contribution in [0.1, 0.15) is 18.9 Å². The van der Waals surface area contributed by atoms with Gasteiger partial charge in [0.05, 0.1) is 6.54 Å². The fraction of sp³-hybridized carbons (Fsp3) is 0.714. The van der Waals surface area contributed by atoms with Crippen molar-refractivity contribution in [2.45, 2.75) is 19.9 Å². The Morgan fingerprint density at radius 3 is 2.70 bits per heavy atom. The van der Waals surface area contributed by atoms with Crippen LogP contribution in [0.25, 0.3) is 0 Å². The number of anilines is 1. The van der Waals surface area contributed by atoms with E-state index in [2.05, 4.69) is 63.5 Å². The predicted octanol–water partition coefficient (Wildman–Crippen LogP) is 1.47. The summed E-state index contributed by atoms with van der Waals surface area (Å²) >= 11 is 0. The summed E-state index contributed by atoms with van der Waals surface area (Å²) in [5.74, 6) is 1.91. The van der Waals surface area contributed by atoms with E-state index in [1.165, 1.54) is 5.56 Å². The average Bonchev–Trinajstić information content (AvgIpc) is 2.73. The number of nitrogens with one attached hydrogen (secondary N) is 2. The van der Waals surface area contributed by atoms with Gasteiger partial charge in [-0.1, -0.05) is 0 Å². The van der Waals surface area contributed by atoms with Crippen molar-refractivity contribution in [3.05, 3.63) is 23.9 Å². The van der Waals surface area contributed by atoms with Crippen LogP contribution in [0.2, 0.25) is 0 Å². The molecule has 2 N–H and O–H groups in total. The number of likely N-dealkylation sites (N-methyl/N-ethyl adjacent to an activating group) is 2. The lowest BCUT2D eigenvalue weighted by Gasteiger charge is -2.33. The van der Waals surface area contributed by atoms with Gasteiger partial charge in [0.1, 0.15) is 5.82 Å². The molecule has 9 heteroatoms. The first kappa shape index (κ1) is 26.9. The van der Waals surface area contributed by atoms with Gasteiger partial charge >= 0.3 is 0 Å². The monoisotopic (exact) mass is 533 g/mol. The lowest BCUT2D eigenvalue weighted by atomic mass is 10.2. The molecule has 0 atom stereocenters. The number of halogens is 1. The number of nitrogens with zero attached hydrogens (tertiary/aromatic N) is 5. The van der Waals surface area contributed by atoms with Gasteiger partial charge in [-0.2, -0.15) is 0 Å². The third-order valence-corrected chi connectivity index (χ3v) is 5.08. The second-order valence-corrected chi connectivity index (χ2v) is 7.58. The van der Waals surface area contributed by atoms with Gasteiger partial charge in [0.2, 0.25) is 0 Å². The van der Waals surface area contributed by atoms with Gasteiger partial charge in [-0.25, -0.2) is 9.98 Å². The average molecular weight is 534 g/mol. The molecule has 0 aromatic carbocycles. The Balaban J connectivity index is 0.00000450. The maximum Gasteiger partial charge on any atom is 0.191 e. The highest BCUT2D eigenvalue weighted by molar-refractivity contribution is 14.0. The summed E-state index contributed by atoms with van der Waals surface area (Å²) in [4.78, 5) is 16.3. The number of methoxy groups -OCH3 is 1. The topological polar surface area (TPSA) is 68.3 Å². The Bertz CT molecular complexity index is 609. The second kappa shape index (κ2) is 15.6. The zero-order chi connectivity index (χ0) is 20.9. The predicted molar refractivity (Wildman–Crippen MR) is 136 cm³/mol. The zero-order valence-electron chi connectivity index (χ0n) is 19.1. The molecule has 1 aliphatic heterocycles. The highest BCUT2D eigenvalue weighted by atomic mass is 127. The molecular formula is C21H40IN7O. The van der Waals surface area contributed by atoms with Gasteiger partial charge in [-0.3, -0.25) is 0 Å². The molecule has 0 bridgehead atoms. The number of guanidine groups is 1. The lowest BCUT2D eigenvalue weighted by Crippen LogP contribution is -2.44. The van der Waals surface area contributed by atoms with Gasteiger partial charge in [0.25, 0.3) is 0 Å². The number of aliphatic imine (C=N–C) groups is 1. The maximum absolute atomic E-state index is 5.11. The van der Waals surface area contributed by atoms with Gasteiger partial charge in [0.15, 0.2) is 5.96 Å². The highest BCUT2D eigenvalue weighted by Gasteiger charge is 2.15. The Kier molecular flexibility index (Phi) is 14.0. The molecule has 0 unspecified atom stereocenters. The Hall–Kier alpha value is -1.17. The van der Waals surface area contributed by atoms with Gasteiger partial charge in [0, 0.05) is 72.3 Å². The van der Waals surface area contributed by atoms with Crippen LogP contribution in [-0.2, 0) is 11.3 Å². The first-order valence-electron chi connectivity index (χ1n) is 10.7. The van der Waals surface area contributed by atoms with E-state index in [1.807, 2.05) is 6.20 Å². The summed E-state index contributed by atoms with van der Waals surface area (Å²) in [6.45, 7) is 11.5. The summed E-state index contributed by atoms with van der Waals surface area (Å²) in [7, 11) is 6.05. The molecule has 8 nitrogen and oxygen atoms in total. The van der Waals surface area contributed by atoms with E-state index in [0.717, 1.165) is 77.2 Å². The van der Waals surface area contributed by atoms with E-state index in [9.17, 15) is 0 Å². The molecule has 2 heterocycles. The molecular weight excluding hydrogens is 493 g/mol. The normalized spacial score (nSPS) is 15.2. The van der Waals surface area contributed by atoms with Crippen LogP contribution < -0.4 is 15.5 Å². The van der Waals surface area contributed by atoms with Crippen LogP contribution in [0.3, 0.4) is 0 Å². The van der Waals surface area contributed by atoms with E-state index >= 15 is 0 Å². The SMILES string of the molecule is CCNC(=NCc1ccnc(N2CCN(C)CC2)c1)NCCN(C)CCCOC.I. The molecule has 1 aliphatic rings. The molecule has 0 radical (unpaired) electrons. The van der Waals surface area contributed by atoms with E-state index in [4.69, 9.17) is 9.73 Å². The van der Waals surface area contributed by atoms with Crippen molar-refractivity contribution < 1.29 is 4.74 Å². The maximum atomic E-state index is 5.11. The molecule has 2 rings (SSSR count). The number of ether oxygens (including phenoxy) is 1. The number of pyridine rings is 1. The Morgan fingerprint density at radius 1 is 1.23 bits per heavy atom. The fourth-order valence-corrected chi connectivity index (χ4v) is 3.24. The van der Waals surface area contributed by atoms with Crippen molar-refractivity contribution in [1.29, 1.82) is 0 Å². The van der Waals surface area contributed by atoms with Crippen LogP contribution in [0.15, 0.2) is 23.3 Å². The molecule has 0 aliphatic carbocycles.